The van der Waals surface area contributed by atoms with Gasteiger partial charge in [0, 0.05) is 32.4 Å². The van der Waals surface area contributed by atoms with E-state index >= 15 is 0 Å². The number of nitrogens with one attached hydrogen (secondary N) is 3. The summed E-state index contributed by atoms with van der Waals surface area (Å²) >= 11 is 0. The quantitative estimate of drug-likeness (QED) is 0.173. The summed E-state index contributed by atoms with van der Waals surface area (Å²) in [5.41, 5.74) is 3.68. The number of nitrogen functional groups attached to an aromatic ring is 1. The van der Waals surface area contributed by atoms with Gasteiger partial charge in [0.05, 0.1) is 5.56 Å². The molecule has 33 heavy (non-hydrogen) atoms. The molecule has 2 rings (SSSR count). The second-order valence-corrected chi connectivity index (χ2v) is 7.15. The monoisotopic (exact) mass is 458 g/mol. The fraction of sp³-hybridized carbons (Fsp3) is 0.364. The van der Waals surface area contributed by atoms with Crippen LogP contribution in [0.2, 0.25) is 0 Å². The Kier molecular flexibility index (Phi) is 11.0. The molecule has 11 heteroatoms. The van der Waals surface area contributed by atoms with Gasteiger partial charge in [-0.1, -0.05) is 30.3 Å². The lowest BCUT2D eigenvalue weighted by molar-refractivity contribution is 0.0929. The number of benzene rings is 1. The minimum Gasteiger partial charge on any atom is -0.465 e. The van der Waals surface area contributed by atoms with Crippen LogP contribution in [0, 0.1) is 0 Å². The molecule has 0 aliphatic carbocycles. The second-order valence-electron chi connectivity index (χ2n) is 7.15. The number of unbranched alkanes of at least 4 members (excludes halogenated alkanes) is 1. The molecule has 0 saturated carbocycles. The van der Waals surface area contributed by atoms with Gasteiger partial charge in [-0.25, -0.2) is 20.4 Å². The molecule has 0 aliphatic rings. The van der Waals surface area contributed by atoms with Crippen molar-refractivity contribution in [2.45, 2.75) is 25.9 Å². The highest BCUT2D eigenvalue weighted by Crippen LogP contribution is 2.06. The van der Waals surface area contributed by atoms with E-state index in [-0.39, 0.29) is 12.5 Å². The first-order chi connectivity index (χ1) is 16.0. The Morgan fingerprint density at radius 1 is 0.970 bits per heavy atom. The number of carbonyl (C=O) groups excluding carboxylic acids is 2. The molecule has 0 aliphatic heterocycles. The van der Waals surface area contributed by atoms with Crippen LogP contribution < -0.4 is 21.9 Å². The smallest absolute Gasteiger partial charge is 0.410 e. The van der Waals surface area contributed by atoms with Crippen LogP contribution in [0.25, 0.3) is 0 Å². The summed E-state index contributed by atoms with van der Waals surface area (Å²) in [5, 5.41) is 13.7. The fourth-order valence-corrected chi connectivity index (χ4v) is 2.92. The predicted octanol–water partition coefficient (Wildman–Crippen LogP) is 2.17. The fourth-order valence-electron chi connectivity index (χ4n) is 2.92. The molecule has 178 valence electrons. The molecular weight excluding hydrogens is 428 g/mol. The summed E-state index contributed by atoms with van der Waals surface area (Å²) in [6.45, 7) is 1.63. The standard InChI is InChI=1S/C22H30N6O5/c23-27-19-10-9-18(15-26-19)20(29)24-12-6-14-28(13-5-4-11-25-21(30)31)22(32)33-16-17-7-2-1-3-8-17/h1-3,7-10,15,25H,4-6,11-14,16,23H2,(H,24,29)(H,26,27)(H,30,31). The van der Waals surface area contributed by atoms with Gasteiger partial charge in [0.15, 0.2) is 0 Å². The molecular formula is C22H30N6O5. The molecule has 3 amide bonds. The number of rotatable bonds is 13. The van der Waals surface area contributed by atoms with Crippen LogP contribution in [0.1, 0.15) is 35.2 Å². The Morgan fingerprint density at radius 3 is 2.36 bits per heavy atom. The first-order valence-corrected chi connectivity index (χ1v) is 10.6. The largest absolute Gasteiger partial charge is 0.465 e. The molecule has 0 unspecified atom stereocenters. The first-order valence-electron chi connectivity index (χ1n) is 10.6. The van der Waals surface area contributed by atoms with Gasteiger partial charge in [-0.3, -0.25) is 4.79 Å². The van der Waals surface area contributed by atoms with Crippen molar-refractivity contribution in [2.24, 2.45) is 5.84 Å². The van der Waals surface area contributed by atoms with Crippen molar-refractivity contribution in [1.82, 2.24) is 20.5 Å². The van der Waals surface area contributed by atoms with Crippen molar-refractivity contribution in [3.05, 3.63) is 59.8 Å². The van der Waals surface area contributed by atoms with Crippen molar-refractivity contribution >= 4 is 23.9 Å². The van der Waals surface area contributed by atoms with Crippen LogP contribution in [0.4, 0.5) is 15.4 Å². The van der Waals surface area contributed by atoms with Crippen molar-refractivity contribution < 1.29 is 24.2 Å². The van der Waals surface area contributed by atoms with Crippen molar-refractivity contribution in [1.29, 1.82) is 0 Å². The van der Waals surface area contributed by atoms with Gasteiger partial charge in [0.1, 0.15) is 12.4 Å². The molecule has 2 aromatic rings. The number of carbonyl (C=O) groups is 3. The highest BCUT2D eigenvalue weighted by molar-refractivity contribution is 5.94. The third-order valence-electron chi connectivity index (χ3n) is 4.66. The van der Waals surface area contributed by atoms with Crippen LogP contribution in [0.3, 0.4) is 0 Å². The van der Waals surface area contributed by atoms with Crippen LogP contribution in [0.15, 0.2) is 48.7 Å². The third-order valence-corrected chi connectivity index (χ3v) is 4.66. The number of nitrogens with two attached hydrogens (primary N) is 1. The topological polar surface area (TPSA) is 159 Å². The van der Waals surface area contributed by atoms with Gasteiger partial charge < -0.3 is 30.8 Å². The predicted molar refractivity (Wildman–Crippen MR) is 122 cm³/mol. The Balaban J connectivity index is 1.80. The maximum Gasteiger partial charge on any atom is 0.410 e. The number of pyridine rings is 1. The van der Waals surface area contributed by atoms with Gasteiger partial charge in [-0.15, -0.1) is 0 Å². The lowest BCUT2D eigenvalue weighted by Gasteiger charge is -2.22. The molecule has 1 aromatic heterocycles. The van der Waals surface area contributed by atoms with Gasteiger partial charge >= 0.3 is 12.2 Å². The van der Waals surface area contributed by atoms with Crippen LogP contribution in [-0.4, -0.2) is 59.3 Å². The third kappa shape index (κ3) is 9.87. The van der Waals surface area contributed by atoms with Crippen molar-refractivity contribution in [3.8, 4) is 0 Å². The summed E-state index contributed by atoms with van der Waals surface area (Å²) < 4.78 is 5.42. The van der Waals surface area contributed by atoms with Crippen LogP contribution in [-0.2, 0) is 11.3 Å². The molecule has 0 bridgehead atoms. The average molecular weight is 459 g/mol. The highest BCUT2D eigenvalue weighted by atomic mass is 16.6. The Morgan fingerprint density at radius 2 is 1.70 bits per heavy atom. The number of amides is 3. The van der Waals surface area contributed by atoms with Crippen LogP contribution >= 0.6 is 0 Å². The number of aromatic nitrogens is 1. The summed E-state index contributed by atoms with van der Waals surface area (Å²) in [6, 6.07) is 12.6. The zero-order valence-electron chi connectivity index (χ0n) is 18.3. The molecule has 0 saturated heterocycles. The van der Waals surface area contributed by atoms with Gasteiger partial charge in [0.25, 0.3) is 5.91 Å². The number of hydrogen-bond donors (Lipinski definition) is 5. The van der Waals surface area contributed by atoms with Crippen molar-refractivity contribution in [2.75, 3.05) is 31.6 Å². The molecule has 6 N–H and O–H groups in total. The minimum absolute atomic E-state index is 0.161. The lowest BCUT2D eigenvalue weighted by Crippen LogP contribution is -2.36. The zero-order chi connectivity index (χ0) is 23.9. The molecule has 1 heterocycles. The molecule has 0 radical (unpaired) electrons. The number of anilines is 1. The van der Waals surface area contributed by atoms with Crippen molar-refractivity contribution in [3.63, 3.8) is 0 Å². The maximum absolute atomic E-state index is 12.6. The van der Waals surface area contributed by atoms with Gasteiger partial charge in [-0.2, -0.15) is 0 Å². The minimum atomic E-state index is -1.08. The summed E-state index contributed by atoms with van der Waals surface area (Å²) in [5.74, 6) is 5.44. The van der Waals surface area contributed by atoms with E-state index in [9.17, 15) is 14.4 Å². The van der Waals surface area contributed by atoms with E-state index in [2.05, 4.69) is 21.0 Å². The SMILES string of the molecule is NNc1ccc(C(=O)NCCCN(CCCCNC(=O)O)C(=O)OCc2ccccc2)cn1. The molecule has 0 fully saturated rings. The normalized spacial score (nSPS) is 10.2. The highest BCUT2D eigenvalue weighted by Gasteiger charge is 2.15. The van der Waals surface area contributed by atoms with E-state index in [1.54, 1.807) is 17.0 Å². The molecule has 0 spiro atoms. The zero-order valence-corrected chi connectivity index (χ0v) is 18.3. The Bertz CT molecular complexity index is 879. The second kappa shape index (κ2) is 14.2. The van der Waals surface area contributed by atoms with E-state index in [1.807, 2.05) is 30.3 Å². The number of nitrogens with zero attached hydrogens (tertiary/aromatic N) is 2. The molecule has 1 aromatic carbocycles. The number of hydrazine groups is 1. The van der Waals surface area contributed by atoms with E-state index in [4.69, 9.17) is 15.7 Å². The average Bonchev–Trinajstić information content (AvgIpc) is 2.84. The van der Waals surface area contributed by atoms with E-state index in [0.717, 1.165) is 5.56 Å². The summed E-state index contributed by atoms with van der Waals surface area (Å²) in [6.07, 6.45) is 1.62. The van der Waals surface area contributed by atoms with E-state index in [1.165, 1.54) is 6.20 Å². The lowest BCUT2D eigenvalue weighted by atomic mass is 10.2. The van der Waals surface area contributed by atoms with E-state index < -0.39 is 12.2 Å². The Hall–Kier alpha value is -3.86. The Labute approximate surface area is 192 Å². The van der Waals surface area contributed by atoms with E-state index in [0.29, 0.717) is 56.8 Å². The summed E-state index contributed by atoms with van der Waals surface area (Å²) in [4.78, 5) is 40.9. The maximum atomic E-state index is 12.6. The number of hydrogen-bond acceptors (Lipinski definition) is 7. The number of ether oxygens (including phenoxy) is 1. The van der Waals surface area contributed by atoms with Gasteiger partial charge in [0.2, 0.25) is 0 Å². The van der Waals surface area contributed by atoms with Gasteiger partial charge in [-0.05, 0) is 37.0 Å². The molecule has 0 atom stereocenters. The van der Waals surface area contributed by atoms with Crippen LogP contribution in [0.5, 0.6) is 0 Å². The first kappa shape index (κ1) is 25.4. The number of carboxylic acid groups (broad SMARTS) is 1. The summed E-state index contributed by atoms with van der Waals surface area (Å²) in [7, 11) is 0. The molecule has 11 nitrogen and oxygen atoms in total.